The third-order valence-electron chi connectivity index (χ3n) is 2.43. The normalized spacial score (nSPS) is 11.1. The van der Waals surface area contributed by atoms with E-state index in [0.29, 0.717) is 10.7 Å². The third-order valence-corrected chi connectivity index (χ3v) is 6.18. The number of benzene rings is 1. The molecule has 0 unspecified atom stereocenters. The van der Waals surface area contributed by atoms with Crippen molar-refractivity contribution in [3.05, 3.63) is 35.5 Å². The summed E-state index contributed by atoms with van der Waals surface area (Å²) in [5.41, 5.74) is 1.10. The van der Waals surface area contributed by atoms with Gasteiger partial charge in [0.1, 0.15) is 0 Å². The highest BCUT2D eigenvalue weighted by atomic mass is 32.2. The van der Waals surface area contributed by atoms with Crippen LogP contribution in [0.1, 0.15) is 11.3 Å². The van der Waals surface area contributed by atoms with E-state index in [1.165, 1.54) is 41.3 Å². The Hall–Kier alpha value is -1.56. The van der Waals surface area contributed by atoms with Crippen LogP contribution < -0.4 is 4.72 Å². The number of thioether (sulfide) groups is 1. The van der Waals surface area contributed by atoms with Gasteiger partial charge in [0.05, 0.1) is 26.4 Å². The molecular formula is C12H11N3O2S3. The molecule has 0 atom stereocenters. The summed E-state index contributed by atoms with van der Waals surface area (Å²) in [4.78, 5) is 4.23. The first-order valence-corrected chi connectivity index (χ1v) is 9.03. The van der Waals surface area contributed by atoms with E-state index < -0.39 is 10.0 Å². The summed E-state index contributed by atoms with van der Waals surface area (Å²) >= 11 is 2.81. The third kappa shape index (κ3) is 3.12. The Balaban J connectivity index is 2.33. The SMILES string of the molecule is CSc1sc(NS(=O)(=O)c2cccc(C#N)c2)nc1C. The lowest BCUT2D eigenvalue weighted by molar-refractivity contribution is 0.601. The number of aryl methyl sites for hydroxylation is 1. The van der Waals surface area contributed by atoms with Crippen LogP contribution in [0.15, 0.2) is 33.4 Å². The molecule has 1 aromatic carbocycles. The molecule has 20 heavy (non-hydrogen) atoms. The lowest BCUT2D eigenvalue weighted by Gasteiger charge is -2.04. The molecule has 0 bridgehead atoms. The van der Waals surface area contributed by atoms with Gasteiger partial charge in [0.25, 0.3) is 10.0 Å². The number of nitrogens with zero attached hydrogens (tertiary/aromatic N) is 2. The molecular weight excluding hydrogens is 314 g/mol. The van der Waals surface area contributed by atoms with Crippen LogP contribution in [0, 0.1) is 18.3 Å². The molecule has 0 saturated carbocycles. The first-order chi connectivity index (χ1) is 9.46. The summed E-state index contributed by atoms with van der Waals surface area (Å²) in [6.07, 6.45) is 1.91. The van der Waals surface area contributed by atoms with Gasteiger partial charge >= 0.3 is 0 Å². The molecule has 0 saturated heterocycles. The maximum absolute atomic E-state index is 12.2. The van der Waals surface area contributed by atoms with Crippen molar-refractivity contribution in [1.29, 1.82) is 5.26 Å². The first-order valence-electron chi connectivity index (χ1n) is 5.50. The molecule has 5 nitrogen and oxygen atoms in total. The van der Waals surface area contributed by atoms with Crippen molar-refractivity contribution in [1.82, 2.24) is 4.98 Å². The fraction of sp³-hybridized carbons (Fsp3) is 0.167. The summed E-state index contributed by atoms with van der Waals surface area (Å²) < 4.78 is 27.8. The van der Waals surface area contributed by atoms with E-state index in [1.54, 1.807) is 6.07 Å². The van der Waals surface area contributed by atoms with Gasteiger partial charge < -0.3 is 0 Å². The molecule has 0 aliphatic carbocycles. The molecule has 1 aromatic heterocycles. The largest absolute Gasteiger partial charge is 0.263 e. The van der Waals surface area contributed by atoms with Crippen molar-refractivity contribution >= 4 is 38.3 Å². The second kappa shape index (κ2) is 5.83. The van der Waals surface area contributed by atoms with Crippen molar-refractivity contribution in [2.75, 3.05) is 11.0 Å². The number of sulfonamides is 1. The zero-order valence-electron chi connectivity index (χ0n) is 10.7. The van der Waals surface area contributed by atoms with Crippen LogP contribution in [-0.4, -0.2) is 19.7 Å². The summed E-state index contributed by atoms with van der Waals surface area (Å²) in [5, 5.41) is 9.14. The molecule has 0 radical (unpaired) electrons. The van der Waals surface area contributed by atoms with Crippen LogP contribution in [0.3, 0.4) is 0 Å². The van der Waals surface area contributed by atoms with Crippen LogP contribution in [0.25, 0.3) is 0 Å². The van der Waals surface area contributed by atoms with Crippen molar-refractivity contribution < 1.29 is 8.42 Å². The van der Waals surface area contributed by atoms with Gasteiger partial charge in [0.2, 0.25) is 0 Å². The second-order valence-electron chi connectivity index (χ2n) is 3.84. The van der Waals surface area contributed by atoms with Crippen LogP contribution in [0.4, 0.5) is 5.13 Å². The number of rotatable bonds is 4. The molecule has 104 valence electrons. The van der Waals surface area contributed by atoms with Gasteiger partial charge in [-0.2, -0.15) is 5.26 Å². The van der Waals surface area contributed by atoms with E-state index >= 15 is 0 Å². The van der Waals surface area contributed by atoms with Gasteiger partial charge in [0, 0.05) is 0 Å². The van der Waals surface area contributed by atoms with Crippen LogP contribution in [0.5, 0.6) is 0 Å². The number of thiazole rings is 1. The zero-order chi connectivity index (χ0) is 14.8. The van der Waals surface area contributed by atoms with Gasteiger partial charge in [-0.05, 0) is 31.4 Å². The van der Waals surface area contributed by atoms with Crippen molar-refractivity contribution in [3.8, 4) is 6.07 Å². The minimum Gasteiger partial charge on any atom is -0.255 e. The highest BCUT2D eigenvalue weighted by Gasteiger charge is 2.17. The Kier molecular flexibility index (Phi) is 4.32. The fourth-order valence-corrected chi connectivity index (χ4v) is 4.41. The average molecular weight is 325 g/mol. The van der Waals surface area contributed by atoms with Gasteiger partial charge in [-0.25, -0.2) is 13.4 Å². The summed E-state index contributed by atoms with van der Waals surface area (Å²) in [6.45, 7) is 1.83. The number of anilines is 1. The molecule has 8 heteroatoms. The van der Waals surface area contributed by atoms with Crippen LogP contribution >= 0.6 is 23.1 Å². The van der Waals surface area contributed by atoms with Gasteiger partial charge in [-0.15, -0.1) is 11.8 Å². The minimum atomic E-state index is -3.72. The van der Waals surface area contributed by atoms with Crippen molar-refractivity contribution in [3.63, 3.8) is 0 Å². The summed E-state index contributed by atoms with van der Waals surface area (Å²) in [6, 6.07) is 7.78. The lowest BCUT2D eigenvalue weighted by Crippen LogP contribution is -2.12. The van der Waals surface area contributed by atoms with E-state index in [2.05, 4.69) is 9.71 Å². The summed E-state index contributed by atoms with van der Waals surface area (Å²) in [5.74, 6) is 0. The fourth-order valence-electron chi connectivity index (χ4n) is 1.52. The standard InChI is InChI=1S/C12H11N3O2S3/c1-8-11(18-2)19-12(14-8)15-20(16,17)10-5-3-4-9(6-10)7-13/h3-6H,1-2H3,(H,14,15). The highest BCUT2D eigenvalue weighted by molar-refractivity contribution is 8.00. The summed E-state index contributed by atoms with van der Waals surface area (Å²) in [7, 11) is -3.72. The maximum atomic E-state index is 12.2. The Labute approximate surface area is 125 Å². The number of hydrogen-bond donors (Lipinski definition) is 1. The average Bonchev–Trinajstić information content (AvgIpc) is 2.78. The van der Waals surface area contributed by atoms with Gasteiger partial charge in [0.15, 0.2) is 5.13 Å². The van der Waals surface area contributed by atoms with E-state index in [0.717, 1.165) is 9.90 Å². The van der Waals surface area contributed by atoms with E-state index in [9.17, 15) is 8.42 Å². The van der Waals surface area contributed by atoms with Gasteiger partial charge in [-0.1, -0.05) is 17.4 Å². The van der Waals surface area contributed by atoms with Gasteiger partial charge in [-0.3, -0.25) is 4.72 Å². The maximum Gasteiger partial charge on any atom is 0.263 e. The second-order valence-corrected chi connectivity index (χ2v) is 7.60. The number of hydrogen-bond acceptors (Lipinski definition) is 6. The Morgan fingerprint density at radius 2 is 2.20 bits per heavy atom. The molecule has 0 aliphatic rings. The Morgan fingerprint density at radius 1 is 1.45 bits per heavy atom. The monoisotopic (exact) mass is 325 g/mol. The Bertz CT molecular complexity index is 775. The van der Waals surface area contributed by atoms with Crippen molar-refractivity contribution in [2.45, 2.75) is 16.0 Å². The van der Waals surface area contributed by atoms with Crippen LogP contribution in [-0.2, 0) is 10.0 Å². The molecule has 0 spiro atoms. The molecule has 1 N–H and O–H groups in total. The van der Waals surface area contributed by atoms with Crippen LogP contribution in [0.2, 0.25) is 0 Å². The van der Waals surface area contributed by atoms with E-state index in [-0.39, 0.29) is 4.90 Å². The zero-order valence-corrected chi connectivity index (χ0v) is 13.2. The van der Waals surface area contributed by atoms with E-state index in [1.807, 2.05) is 19.2 Å². The molecule has 0 amide bonds. The highest BCUT2D eigenvalue weighted by Crippen LogP contribution is 2.31. The number of nitriles is 1. The Morgan fingerprint density at radius 3 is 2.80 bits per heavy atom. The predicted octanol–water partition coefficient (Wildman–Crippen LogP) is 2.85. The molecule has 0 fully saturated rings. The smallest absolute Gasteiger partial charge is 0.255 e. The molecule has 2 aromatic rings. The quantitative estimate of drug-likeness (QED) is 0.874. The molecule has 2 rings (SSSR count). The minimum absolute atomic E-state index is 0.0510. The number of nitrogens with one attached hydrogen (secondary N) is 1. The van der Waals surface area contributed by atoms with Crippen molar-refractivity contribution in [2.24, 2.45) is 0 Å². The molecule has 0 aliphatic heterocycles. The molecule has 1 heterocycles. The van der Waals surface area contributed by atoms with E-state index in [4.69, 9.17) is 5.26 Å². The topological polar surface area (TPSA) is 82.9 Å². The first kappa shape index (κ1) is 14.8. The number of aromatic nitrogens is 1. The lowest BCUT2D eigenvalue weighted by atomic mass is 10.2. The predicted molar refractivity (Wildman–Crippen MR) is 80.6 cm³/mol.